The third-order valence-corrected chi connectivity index (χ3v) is 4.85. The fourth-order valence-corrected chi connectivity index (χ4v) is 3.46. The second-order valence-electron chi connectivity index (χ2n) is 5.12. The van der Waals surface area contributed by atoms with E-state index in [2.05, 4.69) is 4.72 Å². The number of halogens is 2. The molecule has 0 bridgehead atoms. The highest BCUT2D eigenvalue weighted by molar-refractivity contribution is 7.89. The van der Waals surface area contributed by atoms with Gasteiger partial charge in [0.25, 0.3) is 0 Å². The summed E-state index contributed by atoms with van der Waals surface area (Å²) in [5, 5.41) is 10.0. The summed E-state index contributed by atoms with van der Waals surface area (Å²) in [7, 11) is -4.34. The summed E-state index contributed by atoms with van der Waals surface area (Å²) in [4.78, 5) is -1.02. The Morgan fingerprint density at radius 1 is 1.26 bits per heavy atom. The van der Waals surface area contributed by atoms with Crippen molar-refractivity contribution in [3.05, 3.63) is 53.0 Å². The van der Waals surface area contributed by atoms with Crippen LogP contribution in [0.15, 0.2) is 33.6 Å². The fraction of sp³-hybridized carbons (Fsp3) is 0.333. The molecule has 1 atom stereocenters. The molecule has 0 aliphatic rings. The standard InChI is InChI=1S/C15H17F2NO4S/c1-9-8-11(10(2)22-9)14(19)6-7-18-23(20,21)15-12(16)4-3-5-13(15)17/h3-5,8,14,18-19H,6-7H2,1-2H3. The fourth-order valence-electron chi connectivity index (χ4n) is 2.28. The van der Waals surface area contributed by atoms with Crippen LogP contribution in [0.4, 0.5) is 8.78 Å². The summed E-state index contributed by atoms with van der Waals surface area (Å²) < 4.78 is 58.4. The van der Waals surface area contributed by atoms with Gasteiger partial charge in [-0.2, -0.15) is 0 Å². The molecule has 23 heavy (non-hydrogen) atoms. The van der Waals surface area contributed by atoms with Gasteiger partial charge in [-0.3, -0.25) is 0 Å². The molecule has 1 unspecified atom stereocenters. The van der Waals surface area contributed by atoms with Crippen molar-refractivity contribution in [3.63, 3.8) is 0 Å². The number of benzene rings is 1. The van der Waals surface area contributed by atoms with Gasteiger partial charge in [0.1, 0.15) is 23.2 Å². The molecule has 2 N–H and O–H groups in total. The highest BCUT2D eigenvalue weighted by Gasteiger charge is 2.24. The van der Waals surface area contributed by atoms with Gasteiger partial charge in [0.05, 0.1) is 6.10 Å². The number of aliphatic hydroxyl groups is 1. The maximum atomic E-state index is 13.5. The Morgan fingerprint density at radius 2 is 1.87 bits per heavy atom. The molecule has 126 valence electrons. The van der Waals surface area contributed by atoms with Gasteiger partial charge in [0.2, 0.25) is 10.0 Å². The van der Waals surface area contributed by atoms with Crippen LogP contribution in [0.3, 0.4) is 0 Å². The number of hydrogen-bond donors (Lipinski definition) is 2. The number of rotatable bonds is 6. The summed E-state index contributed by atoms with van der Waals surface area (Å²) in [6, 6.07) is 4.47. The second-order valence-corrected chi connectivity index (χ2v) is 6.83. The average molecular weight is 345 g/mol. The van der Waals surface area contributed by atoms with Gasteiger partial charge in [-0.1, -0.05) is 6.07 Å². The third kappa shape index (κ3) is 3.95. The van der Waals surface area contributed by atoms with E-state index in [1.807, 2.05) is 0 Å². The van der Waals surface area contributed by atoms with E-state index in [9.17, 15) is 22.3 Å². The van der Waals surface area contributed by atoms with E-state index in [1.54, 1.807) is 19.9 Å². The minimum Gasteiger partial charge on any atom is -0.466 e. The number of hydrogen-bond acceptors (Lipinski definition) is 4. The predicted molar refractivity (Wildman–Crippen MR) is 79.3 cm³/mol. The molecule has 1 aromatic heterocycles. The Hall–Kier alpha value is -1.77. The zero-order valence-corrected chi connectivity index (χ0v) is 13.5. The van der Waals surface area contributed by atoms with E-state index in [-0.39, 0.29) is 13.0 Å². The number of furan rings is 1. The first kappa shape index (κ1) is 17.6. The number of sulfonamides is 1. The van der Waals surface area contributed by atoms with Crippen LogP contribution in [0, 0.1) is 25.5 Å². The van der Waals surface area contributed by atoms with E-state index in [1.165, 1.54) is 0 Å². The molecule has 0 saturated heterocycles. The molecule has 1 heterocycles. The zero-order valence-electron chi connectivity index (χ0n) is 12.6. The lowest BCUT2D eigenvalue weighted by molar-refractivity contribution is 0.167. The van der Waals surface area contributed by atoms with Crippen molar-refractivity contribution in [2.75, 3.05) is 6.54 Å². The van der Waals surface area contributed by atoms with Crippen LogP contribution in [-0.2, 0) is 10.0 Å². The first-order chi connectivity index (χ1) is 10.7. The van der Waals surface area contributed by atoms with Crippen molar-refractivity contribution >= 4 is 10.0 Å². The van der Waals surface area contributed by atoms with Crippen LogP contribution in [0.5, 0.6) is 0 Å². The van der Waals surface area contributed by atoms with Crippen LogP contribution in [0.2, 0.25) is 0 Å². The van der Waals surface area contributed by atoms with Crippen molar-refractivity contribution in [2.45, 2.75) is 31.3 Å². The summed E-state index contributed by atoms with van der Waals surface area (Å²) in [5.74, 6) is -1.16. The maximum Gasteiger partial charge on any atom is 0.246 e. The topological polar surface area (TPSA) is 79.5 Å². The molecule has 0 saturated carbocycles. The lowest BCUT2D eigenvalue weighted by Crippen LogP contribution is -2.27. The minimum absolute atomic E-state index is 0.0368. The van der Waals surface area contributed by atoms with Gasteiger partial charge in [0, 0.05) is 12.1 Å². The summed E-state index contributed by atoms with van der Waals surface area (Å²) in [6.45, 7) is 3.23. The SMILES string of the molecule is Cc1cc(C(O)CCNS(=O)(=O)c2c(F)cccc2F)c(C)o1. The van der Waals surface area contributed by atoms with E-state index in [0.717, 1.165) is 18.2 Å². The highest BCUT2D eigenvalue weighted by atomic mass is 32.2. The second kappa shape index (κ2) is 6.77. The zero-order chi connectivity index (χ0) is 17.2. The Balaban J connectivity index is 2.04. The maximum absolute atomic E-state index is 13.5. The molecule has 0 fully saturated rings. The molecule has 2 rings (SSSR count). The predicted octanol–water partition coefficient (Wildman–Crippen LogP) is 2.58. The quantitative estimate of drug-likeness (QED) is 0.843. The Labute approximate surface area is 133 Å². The molecule has 0 aliphatic heterocycles. The van der Waals surface area contributed by atoms with Crippen molar-refractivity contribution in [1.29, 1.82) is 0 Å². The molecular formula is C15H17F2NO4S. The first-order valence-corrected chi connectivity index (χ1v) is 8.39. The highest BCUT2D eigenvalue weighted by Crippen LogP contribution is 2.24. The van der Waals surface area contributed by atoms with E-state index in [4.69, 9.17) is 4.42 Å². The molecular weight excluding hydrogens is 328 g/mol. The smallest absolute Gasteiger partial charge is 0.246 e. The molecule has 0 radical (unpaired) electrons. The molecule has 0 aliphatic carbocycles. The first-order valence-electron chi connectivity index (χ1n) is 6.91. The van der Waals surface area contributed by atoms with E-state index >= 15 is 0 Å². The van der Waals surface area contributed by atoms with Crippen LogP contribution in [0.25, 0.3) is 0 Å². The Bertz CT molecular complexity index is 782. The minimum atomic E-state index is -4.34. The molecule has 1 aromatic carbocycles. The normalized spacial score (nSPS) is 13.3. The largest absolute Gasteiger partial charge is 0.466 e. The molecule has 0 spiro atoms. The summed E-state index contributed by atoms with van der Waals surface area (Å²) in [5.41, 5.74) is 0.554. The third-order valence-electron chi connectivity index (χ3n) is 3.34. The van der Waals surface area contributed by atoms with E-state index < -0.39 is 32.7 Å². The molecule has 0 amide bonds. The van der Waals surface area contributed by atoms with Crippen LogP contribution in [0.1, 0.15) is 29.6 Å². The number of aliphatic hydroxyl groups excluding tert-OH is 1. The molecule has 2 aromatic rings. The van der Waals surface area contributed by atoms with Crippen LogP contribution >= 0.6 is 0 Å². The number of aryl methyl sites for hydroxylation is 2. The molecule has 8 heteroatoms. The summed E-state index contributed by atoms with van der Waals surface area (Å²) >= 11 is 0. The average Bonchev–Trinajstić information content (AvgIpc) is 2.77. The summed E-state index contributed by atoms with van der Waals surface area (Å²) in [6.07, 6.45) is -0.907. The van der Waals surface area contributed by atoms with Gasteiger partial charge >= 0.3 is 0 Å². The van der Waals surface area contributed by atoms with Gasteiger partial charge in [-0.25, -0.2) is 21.9 Å². The van der Waals surface area contributed by atoms with Crippen molar-refractivity contribution < 1.29 is 26.7 Å². The molecule has 5 nitrogen and oxygen atoms in total. The van der Waals surface area contributed by atoms with Crippen molar-refractivity contribution in [3.8, 4) is 0 Å². The van der Waals surface area contributed by atoms with Gasteiger partial charge in [-0.15, -0.1) is 0 Å². The van der Waals surface area contributed by atoms with Gasteiger partial charge in [0.15, 0.2) is 4.90 Å². The van der Waals surface area contributed by atoms with Gasteiger partial charge < -0.3 is 9.52 Å². The van der Waals surface area contributed by atoms with Crippen LogP contribution in [-0.4, -0.2) is 20.1 Å². The monoisotopic (exact) mass is 345 g/mol. The van der Waals surface area contributed by atoms with Crippen molar-refractivity contribution in [2.24, 2.45) is 0 Å². The number of nitrogens with one attached hydrogen (secondary N) is 1. The van der Waals surface area contributed by atoms with Crippen LogP contribution < -0.4 is 4.72 Å². The van der Waals surface area contributed by atoms with Gasteiger partial charge in [-0.05, 0) is 38.5 Å². The van der Waals surface area contributed by atoms with E-state index in [0.29, 0.717) is 17.1 Å². The Morgan fingerprint density at radius 3 is 2.39 bits per heavy atom. The Kier molecular flexibility index (Phi) is 5.18. The lowest BCUT2D eigenvalue weighted by atomic mass is 10.1. The lowest BCUT2D eigenvalue weighted by Gasteiger charge is -2.11. The van der Waals surface area contributed by atoms with Crippen molar-refractivity contribution in [1.82, 2.24) is 4.72 Å².